The molecule has 0 radical (unpaired) electrons. The lowest BCUT2D eigenvalue weighted by atomic mass is 10.1. The third-order valence-electron chi connectivity index (χ3n) is 2.81. The molecule has 19 heavy (non-hydrogen) atoms. The first-order valence-electron chi connectivity index (χ1n) is 6.10. The third kappa shape index (κ3) is 3.90. The van der Waals surface area contributed by atoms with Gasteiger partial charge in [-0.25, -0.2) is 4.39 Å². The van der Waals surface area contributed by atoms with Crippen LogP contribution in [0.2, 0.25) is 0 Å². The van der Waals surface area contributed by atoms with Crippen LogP contribution in [0.25, 0.3) is 0 Å². The molecule has 0 fully saturated rings. The highest BCUT2D eigenvalue weighted by Crippen LogP contribution is 2.11. The summed E-state index contributed by atoms with van der Waals surface area (Å²) in [5.41, 5.74) is 2.06. The molecule has 0 saturated heterocycles. The van der Waals surface area contributed by atoms with Crippen LogP contribution in [0.3, 0.4) is 0 Å². The van der Waals surface area contributed by atoms with Crippen molar-refractivity contribution in [2.75, 3.05) is 6.61 Å². The van der Waals surface area contributed by atoms with Gasteiger partial charge < -0.3 is 4.74 Å². The van der Waals surface area contributed by atoms with E-state index < -0.39 is 0 Å². The van der Waals surface area contributed by atoms with Crippen molar-refractivity contribution in [3.05, 3.63) is 71.0 Å². The van der Waals surface area contributed by atoms with E-state index in [-0.39, 0.29) is 12.4 Å². The Bertz CT molecular complexity index is 575. The topological polar surface area (TPSA) is 33.0 Å². The zero-order chi connectivity index (χ0) is 13.5. The number of nitriles is 1. The van der Waals surface area contributed by atoms with Crippen LogP contribution in [0.15, 0.2) is 48.5 Å². The van der Waals surface area contributed by atoms with Crippen LogP contribution in [-0.2, 0) is 17.8 Å². The lowest BCUT2D eigenvalue weighted by molar-refractivity contribution is 0.121. The summed E-state index contributed by atoms with van der Waals surface area (Å²) < 4.78 is 18.9. The summed E-state index contributed by atoms with van der Waals surface area (Å²) in [6.07, 6.45) is 0.792. The maximum Gasteiger partial charge on any atom is 0.128 e. The van der Waals surface area contributed by atoms with E-state index in [0.717, 1.165) is 6.42 Å². The molecule has 0 aliphatic carbocycles. The van der Waals surface area contributed by atoms with Crippen LogP contribution in [0.1, 0.15) is 16.7 Å². The molecular weight excluding hydrogens is 241 g/mol. The largest absolute Gasteiger partial charge is 0.376 e. The van der Waals surface area contributed by atoms with Crippen molar-refractivity contribution in [3.8, 4) is 6.07 Å². The van der Waals surface area contributed by atoms with Crippen LogP contribution < -0.4 is 0 Å². The average Bonchev–Trinajstić information content (AvgIpc) is 2.46. The summed E-state index contributed by atoms with van der Waals surface area (Å²) in [6, 6.07) is 16.3. The molecule has 2 nitrogen and oxygen atoms in total. The minimum atomic E-state index is -0.335. The highest BCUT2D eigenvalue weighted by molar-refractivity contribution is 5.33. The molecule has 0 saturated carbocycles. The van der Waals surface area contributed by atoms with E-state index >= 15 is 0 Å². The minimum absolute atomic E-state index is 0.189. The Balaban J connectivity index is 1.85. The molecule has 2 aromatic carbocycles. The maximum atomic E-state index is 13.5. The second-order valence-corrected chi connectivity index (χ2v) is 4.21. The van der Waals surface area contributed by atoms with Crippen molar-refractivity contribution in [2.45, 2.75) is 13.0 Å². The lowest BCUT2D eigenvalue weighted by Crippen LogP contribution is -2.01. The van der Waals surface area contributed by atoms with Crippen LogP contribution in [-0.4, -0.2) is 6.61 Å². The molecule has 0 heterocycles. The van der Waals surface area contributed by atoms with Gasteiger partial charge in [-0.05, 0) is 30.2 Å². The molecular formula is C16H14FNO. The Kier molecular flexibility index (Phi) is 4.66. The van der Waals surface area contributed by atoms with Gasteiger partial charge in [-0.15, -0.1) is 0 Å². The summed E-state index contributed by atoms with van der Waals surface area (Å²) in [7, 11) is 0. The van der Waals surface area contributed by atoms with Crippen molar-refractivity contribution in [1.29, 1.82) is 5.26 Å². The van der Waals surface area contributed by atoms with E-state index in [1.807, 2.05) is 36.4 Å². The van der Waals surface area contributed by atoms with E-state index in [4.69, 9.17) is 10.00 Å². The zero-order valence-corrected chi connectivity index (χ0v) is 10.5. The van der Waals surface area contributed by atoms with E-state index in [0.29, 0.717) is 17.7 Å². The molecule has 0 unspecified atom stereocenters. The molecule has 0 amide bonds. The van der Waals surface area contributed by atoms with Crippen molar-refractivity contribution < 1.29 is 9.13 Å². The van der Waals surface area contributed by atoms with E-state index in [1.165, 1.54) is 23.8 Å². The van der Waals surface area contributed by atoms with Crippen molar-refractivity contribution in [1.82, 2.24) is 0 Å². The lowest BCUT2D eigenvalue weighted by Gasteiger charge is -2.06. The Labute approximate surface area is 112 Å². The fraction of sp³-hybridized carbons (Fsp3) is 0.188. The molecule has 96 valence electrons. The SMILES string of the molecule is N#Cc1ccc(F)c(COCCc2ccccc2)c1. The van der Waals surface area contributed by atoms with Crippen molar-refractivity contribution in [2.24, 2.45) is 0 Å². The number of hydrogen-bond acceptors (Lipinski definition) is 2. The Morgan fingerprint density at radius 1 is 1.11 bits per heavy atom. The van der Waals surface area contributed by atoms with Gasteiger partial charge in [0.1, 0.15) is 5.82 Å². The van der Waals surface area contributed by atoms with Gasteiger partial charge in [-0.2, -0.15) is 5.26 Å². The predicted octanol–water partition coefficient (Wildman–Crippen LogP) is 3.46. The Hall–Kier alpha value is -2.18. The maximum absolute atomic E-state index is 13.5. The molecule has 0 spiro atoms. The fourth-order valence-corrected chi connectivity index (χ4v) is 1.77. The summed E-state index contributed by atoms with van der Waals surface area (Å²) in [5.74, 6) is -0.335. The molecule has 0 aliphatic rings. The molecule has 0 bridgehead atoms. The molecule has 0 aliphatic heterocycles. The van der Waals surface area contributed by atoms with Gasteiger partial charge in [-0.3, -0.25) is 0 Å². The smallest absolute Gasteiger partial charge is 0.128 e. The first kappa shape index (κ1) is 13.3. The monoisotopic (exact) mass is 255 g/mol. The van der Waals surface area contributed by atoms with Gasteiger partial charge in [0.25, 0.3) is 0 Å². The number of nitrogens with zero attached hydrogens (tertiary/aromatic N) is 1. The summed E-state index contributed by atoms with van der Waals surface area (Å²) >= 11 is 0. The highest BCUT2D eigenvalue weighted by Gasteiger charge is 2.03. The quantitative estimate of drug-likeness (QED) is 0.766. The number of benzene rings is 2. The van der Waals surface area contributed by atoms with Gasteiger partial charge in [0, 0.05) is 5.56 Å². The Morgan fingerprint density at radius 3 is 2.63 bits per heavy atom. The molecule has 0 aromatic heterocycles. The van der Waals surface area contributed by atoms with Gasteiger partial charge in [-0.1, -0.05) is 30.3 Å². The summed E-state index contributed by atoms with van der Waals surface area (Å²) in [6.45, 7) is 0.717. The second-order valence-electron chi connectivity index (χ2n) is 4.21. The standard InChI is InChI=1S/C16H14FNO/c17-16-7-6-14(11-18)10-15(16)12-19-9-8-13-4-2-1-3-5-13/h1-7,10H,8-9,12H2. The number of rotatable bonds is 5. The highest BCUT2D eigenvalue weighted by atomic mass is 19.1. The average molecular weight is 255 g/mol. The molecule has 2 aromatic rings. The summed E-state index contributed by atoms with van der Waals surface area (Å²) in [4.78, 5) is 0. The van der Waals surface area contributed by atoms with Gasteiger partial charge in [0.15, 0.2) is 0 Å². The predicted molar refractivity (Wildman–Crippen MR) is 70.9 cm³/mol. The van der Waals surface area contributed by atoms with Gasteiger partial charge in [0.2, 0.25) is 0 Å². The van der Waals surface area contributed by atoms with Crippen LogP contribution >= 0.6 is 0 Å². The Morgan fingerprint density at radius 2 is 1.89 bits per heavy atom. The van der Waals surface area contributed by atoms with Crippen LogP contribution in [0.5, 0.6) is 0 Å². The number of hydrogen-bond donors (Lipinski definition) is 0. The normalized spacial score (nSPS) is 10.1. The first-order chi connectivity index (χ1) is 9.29. The fourth-order valence-electron chi connectivity index (χ4n) is 1.77. The third-order valence-corrected chi connectivity index (χ3v) is 2.81. The van der Waals surface area contributed by atoms with Gasteiger partial charge >= 0.3 is 0 Å². The van der Waals surface area contributed by atoms with E-state index in [1.54, 1.807) is 0 Å². The zero-order valence-electron chi connectivity index (χ0n) is 10.5. The first-order valence-corrected chi connectivity index (χ1v) is 6.10. The molecule has 3 heteroatoms. The van der Waals surface area contributed by atoms with E-state index in [2.05, 4.69) is 0 Å². The van der Waals surface area contributed by atoms with Crippen molar-refractivity contribution >= 4 is 0 Å². The molecule has 2 rings (SSSR count). The van der Waals surface area contributed by atoms with Crippen LogP contribution in [0, 0.1) is 17.1 Å². The molecule has 0 N–H and O–H groups in total. The minimum Gasteiger partial charge on any atom is -0.376 e. The summed E-state index contributed by atoms with van der Waals surface area (Å²) in [5, 5.41) is 8.76. The van der Waals surface area contributed by atoms with E-state index in [9.17, 15) is 4.39 Å². The number of halogens is 1. The van der Waals surface area contributed by atoms with Gasteiger partial charge in [0.05, 0.1) is 24.8 Å². The number of ether oxygens (including phenoxy) is 1. The van der Waals surface area contributed by atoms with Crippen LogP contribution in [0.4, 0.5) is 4.39 Å². The van der Waals surface area contributed by atoms with Crippen molar-refractivity contribution in [3.63, 3.8) is 0 Å². The molecule has 0 atom stereocenters. The second kappa shape index (κ2) is 6.67.